The first-order valence-corrected chi connectivity index (χ1v) is 7.38. The fourth-order valence-corrected chi connectivity index (χ4v) is 2.92. The number of imidazole rings is 1. The van der Waals surface area contributed by atoms with Crippen molar-refractivity contribution in [3.8, 4) is 0 Å². The van der Waals surface area contributed by atoms with Gasteiger partial charge in [0, 0.05) is 13.1 Å². The molecule has 0 spiro atoms. The van der Waals surface area contributed by atoms with Gasteiger partial charge in [-0.25, -0.2) is 4.98 Å². The Labute approximate surface area is 133 Å². The number of benzene rings is 1. The van der Waals surface area contributed by atoms with Crippen molar-refractivity contribution in [2.24, 2.45) is 0 Å². The first-order chi connectivity index (χ1) is 11.4. The van der Waals surface area contributed by atoms with Gasteiger partial charge in [-0.1, -0.05) is 0 Å². The molecule has 24 heavy (non-hydrogen) atoms. The summed E-state index contributed by atoms with van der Waals surface area (Å²) < 4.78 is 45.6. The highest BCUT2D eigenvalue weighted by atomic mass is 19.4. The number of fused-ring (bicyclic) bond motifs is 3. The van der Waals surface area contributed by atoms with E-state index in [1.54, 1.807) is 4.40 Å². The second kappa shape index (κ2) is 5.23. The molecule has 1 aliphatic heterocycles. The maximum absolute atomic E-state index is 12.9. The molecule has 4 rings (SSSR count). The molecule has 0 radical (unpaired) electrons. The molecule has 1 aromatic carbocycles. The normalized spacial score (nSPS) is 16.2. The first-order valence-electron chi connectivity index (χ1n) is 7.38. The van der Waals surface area contributed by atoms with Crippen LogP contribution in [0.25, 0.3) is 16.6 Å². The van der Waals surface area contributed by atoms with Gasteiger partial charge in [0.2, 0.25) is 5.95 Å². The molecular formula is C15H13F3N4O2. The lowest BCUT2D eigenvalue weighted by Gasteiger charge is -2.27. The average Bonchev–Trinajstić information content (AvgIpc) is 3.00. The summed E-state index contributed by atoms with van der Waals surface area (Å²) in [5.74, 6) is 0.532. The quantitative estimate of drug-likeness (QED) is 0.737. The van der Waals surface area contributed by atoms with E-state index in [1.165, 1.54) is 12.3 Å². The van der Waals surface area contributed by atoms with Gasteiger partial charge in [0.05, 0.1) is 36.0 Å². The van der Waals surface area contributed by atoms with Gasteiger partial charge in [0.25, 0.3) is 5.56 Å². The Bertz CT molecular complexity index is 970. The molecule has 2 aromatic heterocycles. The van der Waals surface area contributed by atoms with E-state index in [1.807, 2.05) is 4.90 Å². The van der Waals surface area contributed by atoms with Gasteiger partial charge in [-0.15, -0.1) is 0 Å². The fraction of sp³-hybridized carbons (Fsp3) is 0.333. The second-order valence-electron chi connectivity index (χ2n) is 5.56. The van der Waals surface area contributed by atoms with Crippen LogP contribution in [0.2, 0.25) is 0 Å². The number of morpholine rings is 1. The molecule has 0 aliphatic carbocycles. The summed E-state index contributed by atoms with van der Waals surface area (Å²) >= 11 is 0. The molecular weight excluding hydrogens is 325 g/mol. The maximum Gasteiger partial charge on any atom is 0.416 e. The van der Waals surface area contributed by atoms with Crippen LogP contribution in [0.15, 0.2) is 29.2 Å². The zero-order valence-corrected chi connectivity index (χ0v) is 12.4. The van der Waals surface area contributed by atoms with Crippen LogP contribution >= 0.6 is 0 Å². The van der Waals surface area contributed by atoms with E-state index >= 15 is 0 Å². The number of hydrogen-bond acceptors (Lipinski definition) is 4. The number of hydrogen-bond donors (Lipinski definition) is 1. The Morgan fingerprint density at radius 3 is 2.62 bits per heavy atom. The molecule has 1 N–H and O–H groups in total. The Balaban J connectivity index is 1.98. The van der Waals surface area contributed by atoms with Gasteiger partial charge in [-0.3, -0.25) is 9.20 Å². The highest BCUT2D eigenvalue weighted by Crippen LogP contribution is 2.31. The SMILES string of the molecule is O=c1[nH]c2cc(C(F)(F)F)ccc2n2c(N3CCOCC3)ncc12. The van der Waals surface area contributed by atoms with Crippen LogP contribution in [0.1, 0.15) is 5.56 Å². The lowest BCUT2D eigenvalue weighted by molar-refractivity contribution is -0.137. The minimum absolute atomic E-state index is 0.120. The molecule has 9 heteroatoms. The number of aromatic nitrogens is 3. The molecule has 3 aromatic rings. The Morgan fingerprint density at radius 1 is 1.17 bits per heavy atom. The summed E-state index contributed by atoms with van der Waals surface area (Å²) in [4.78, 5) is 21.0. The van der Waals surface area contributed by atoms with Crippen LogP contribution in [0.3, 0.4) is 0 Å². The van der Waals surface area contributed by atoms with Crippen molar-refractivity contribution in [2.45, 2.75) is 6.18 Å². The third-order valence-corrected chi connectivity index (χ3v) is 4.08. The van der Waals surface area contributed by atoms with Crippen molar-refractivity contribution in [2.75, 3.05) is 31.2 Å². The molecule has 0 unspecified atom stereocenters. The Kier molecular flexibility index (Phi) is 3.27. The van der Waals surface area contributed by atoms with Gasteiger partial charge < -0.3 is 14.6 Å². The van der Waals surface area contributed by atoms with Crippen molar-refractivity contribution < 1.29 is 17.9 Å². The van der Waals surface area contributed by atoms with Crippen LogP contribution in [-0.4, -0.2) is 40.7 Å². The predicted molar refractivity (Wildman–Crippen MR) is 81.4 cm³/mol. The number of H-pyrrole nitrogens is 1. The largest absolute Gasteiger partial charge is 0.416 e. The summed E-state index contributed by atoms with van der Waals surface area (Å²) in [5, 5.41) is 0. The summed E-state index contributed by atoms with van der Waals surface area (Å²) in [6.07, 6.45) is -3.04. The van der Waals surface area contributed by atoms with Crippen LogP contribution in [0, 0.1) is 0 Å². The second-order valence-corrected chi connectivity index (χ2v) is 5.56. The van der Waals surface area contributed by atoms with E-state index in [2.05, 4.69) is 9.97 Å². The average molecular weight is 338 g/mol. The first kappa shape index (κ1) is 15.0. The number of anilines is 1. The van der Waals surface area contributed by atoms with Crippen molar-refractivity contribution in [1.82, 2.24) is 14.4 Å². The maximum atomic E-state index is 12.9. The van der Waals surface area contributed by atoms with Crippen molar-refractivity contribution in [3.63, 3.8) is 0 Å². The Hall–Kier alpha value is -2.55. The molecule has 0 bridgehead atoms. The molecule has 1 fully saturated rings. The monoisotopic (exact) mass is 338 g/mol. The van der Waals surface area contributed by atoms with E-state index < -0.39 is 17.3 Å². The number of aromatic amines is 1. The van der Waals surface area contributed by atoms with Gasteiger partial charge in [0.15, 0.2) is 0 Å². The number of nitrogens with zero attached hydrogens (tertiary/aromatic N) is 3. The van der Waals surface area contributed by atoms with Gasteiger partial charge in [-0.2, -0.15) is 13.2 Å². The predicted octanol–water partition coefficient (Wildman–Crippen LogP) is 2.03. The number of nitrogens with one attached hydrogen (secondary N) is 1. The molecule has 126 valence electrons. The molecule has 3 heterocycles. The molecule has 0 amide bonds. The summed E-state index contributed by atoms with van der Waals surface area (Å²) in [5.41, 5.74) is -0.401. The topological polar surface area (TPSA) is 62.6 Å². The zero-order valence-electron chi connectivity index (χ0n) is 12.4. The third-order valence-electron chi connectivity index (χ3n) is 4.08. The summed E-state index contributed by atoms with van der Waals surface area (Å²) in [6.45, 7) is 2.28. The van der Waals surface area contributed by atoms with Crippen LogP contribution in [0.5, 0.6) is 0 Å². The highest BCUT2D eigenvalue weighted by Gasteiger charge is 2.31. The molecule has 0 saturated carbocycles. The van der Waals surface area contributed by atoms with E-state index in [-0.39, 0.29) is 5.52 Å². The van der Waals surface area contributed by atoms with Crippen molar-refractivity contribution >= 4 is 22.5 Å². The van der Waals surface area contributed by atoms with E-state index in [0.29, 0.717) is 43.3 Å². The van der Waals surface area contributed by atoms with Crippen molar-refractivity contribution in [3.05, 3.63) is 40.3 Å². The highest BCUT2D eigenvalue weighted by molar-refractivity contribution is 5.80. The smallest absolute Gasteiger partial charge is 0.378 e. The van der Waals surface area contributed by atoms with Crippen LogP contribution in [0.4, 0.5) is 19.1 Å². The van der Waals surface area contributed by atoms with Gasteiger partial charge in [-0.05, 0) is 18.2 Å². The van der Waals surface area contributed by atoms with E-state index in [9.17, 15) is 18.0 Å². The number of rotatable bonds is 1. The Morgan fingerprint density at radius 2 is 1.92 bits per heavy atom. The van der Waals surface area contributed by atoms with Gasteiger partial charge in [0.1, 0.15) is 5.52 Å². The minimum atomic E-state index is -4.47. The lowest BCUT2D eigenvalue weighted by Crippen LogP contribution is -2.37. The lowest BCUT2D eigenvalue weighted by atomic mass is 10.2. The minimum Gasteiger partial charge on any atom is -0.378 e. The van der Waals surface area contributed by atoms with E-state index in [4.69, 9.17) is 4.74 Å². The summed E-state index contributed by atoms with van der Waals surface area (Å²) in [6, 6.07) is 3.30. The number of ether oxygens (including phenoxy) is 1. The van der Waals surface area contributed by atoms with Crippen LogP contribution < -0.4 is 10.5 Å². The zero-order chi connectivity index (χ0) is 16.9. The fourth-order valence-electron chi connectivity index (χ4n) is 2.92. The third kappa shape index (κ3) is 2.32. The molecule has 6 nitrogen and oxygen atoms in total. The molecule has 1 saturated heterocycles. The molecule has 0 atom stereocenters. The van der Waals surface area contributed by atoms with Gasteiger partial charge >= 0.3 is 6.18 Å². The van der Waals surface area contributed by atoms with E-state index in [0.717, 1.165) is 12.1 Å². The standard InChI is InChI=1S/C15H13F3N4O2/c16-15(17,18)9-1-2-11-10(7-9)20-13(23)12-8-19-14(22(11)12)21-3-5-24-6-4-21/h1-2,7-8H,3-6H2,(H,20,23). The molecule has 1 aliphatic rings. The number of alkyl halides is 3. The van der Waals surface area contributed by atoms with Crippen LogP contribution in [-0.2, 0) is 10.9 Å². The summed E-state index contributed by atoms with van der Waals surface area (Å²) in [7, 11) is 0. The van der Waals surface area contributed by atoms with Crippen molar-refractivity contribution in [1.29, 1.82) is 0 Å². The number of halogens is 3.